The molecule has 0 spiro atoms. The molecule has 0 saturated carbocycles. The van der Waals surface area contributed by atoms with E-state index < -0.39 is 0 Å². The monoisotopic (exact) mass is 349 g/mol. The van der Waals surface area contributed by atoms with Gasteiger partial charge in [0.1, 0.15) is 0 Å². The van der Waals surface area contributed by atoms with Crippen molar-refractivity contribution in [2.24, 2.45) is 0 Å². The molecule has 25 heavy (non-hydrogen) atoms. The summed E-state index contributed by atoms with van der Waals surface area (Å²) < 4.78 is 0. The molecule has 1 unspecified atom stereocenters. The molecule has 0 bridgehead atoms. The summed E-state index contributed by atoms with van der Waals surface area (Å²) in [5.74, 6) is 0.745. The van der Waals surface area contributed by atoms with E-state index in [0.29, 0.717) is 32.1 Å². The van der Waals surface area contributed by atoms with Gasteiger partial charge < -0.3 is 20.0 Å². The molecule has 0 aromatic carbocycles. The molecule has 138 valence electrons. The Hall–Kier alpha value is -2.22. The second-order valence-corrected chi connectivity index (χ2v) is 7.53. The van der Waals surface area contributed by atoms with Crippen LogP contribution in [0, 0.1) is 0 Å². The lowest BCUT2D eigenvalue weighted by molar-refractivity contribution is -0.863. The molecule has 1 fully saturated rings. The molecule has 1 atom stereocenters. The second kappa shape index (κ2) is 8.24. The lowest BCUT2D eigenvalue weighted by Crippen LogP contribution is -3.11. The Balaban J connectivity index is 1.76. The normalized spacial score (nSPS) is 16.5. The highest BCUT2D eigenvalue weighted by Crippen LogP contribution is 2.09. The molecule has 0 radical (unpaired) electrons. The number of likely N-dealkylation sites (N-methyl/N-ethyl adjacent to an activating group) is 1. The van der Waals surface area contributed by atoms with Crippen LogP contribution in [-0.4, -0.2) is 78.5 Å². The van der Waals surface area contributed by atoms with Crippen LogP contribution in [-0.2, 0) is 9.59 Å². The molecule has 1 aliphatic rings. The van der Waals surface area contributed by atoms with Crippen molar-refractivity contribution >= 4 is 17.8 Å². The van der Waals surface area contributed by atoms with Crippen molar-refractivity contribution in [3.05, 3.63) is 18.5 Å². The zero-order valence-electron chi connectivity index (χ0n) is 15.6. The summed E-state index contributed by atoms with van der Waals surface area (Å²) in [5.41, 5.74) is -0.253. The van der Waals surface area contributed by atoms with Crippen LogP contribution < -0.4 is 15.1 Å². The minimum Gasteiger partial charge on any atom is -0.347 e. The summed E-state index contributed by atoms with van der Waals surface area (Å²) in [4.78, 5) is 37.7. The number of amides is 2. The van der Waals surface area contributed by atoms with E-state index in [1.54, 1.807) is 18.5 Å². The molecule has 2 rings (SSSR count). The van der Waals surface area contributed by atoms with Crippen molar-refractivity contribution in [3.63, 3.8) is 0 Å². The standard InChI is InChI=1S/C17H28N6O2/c1-17(2,3)20-14(24)12-21(4)13-15(25)22-8-10-23(11-9-22)16-18-6-5-7-19-16/h5-7H,8-13H2,1-4H3,(H,20,24)/p+1. The molecule has 2 N–H and O–H groups in total. The van der Waals surface area contributed by atoms with E-state index in [4.69, 9.17) is 0 Å². The second-order valence-electron chi connectivity index (χ2n) is 7.53. The first-order chi connectivity index (χ1) is 11.7. The van der Waals surface area contributed by atoms with Gasteiger partial charge in [-0.15, -0.1) is 0 Å². The Bertz CT molecular complexity index is 579. The third-order valence-corrected chi connectivity index (χ3v) is 3.90. The van der Waals surface area contributed by atoms with Gasteiger partial charge in [0, 0.05) is 44.1 Å². The maximum atomic E-state index is 12.4. The van der Waals surface area contributed by atoms with E-state index in [-0.39, 0.29) is 17.4 Å². The van der Waals surface area contributed by atoms with E-state index in [1.165, 1.54) is 0 Å². The summed E-state index contributed by atoms with van der Waals surface area (Å²) >= 11 is 0. The van der Waals surface area contributed by atoms with Crippen LogP contribution in [0.1, 0.15) is 20.8 Å². The minimum absolute atomic E-state index is 0.0381. The molecule has 2 amide bonds. The van der Waals surface area contributed by atoms with Crippen molar-refractivity contribution in [1.82, 2.24) is 20.2 Å². The number of piperazine rings is 1. The fourth-order valence-corrected chi connectivity index (χ4v) is 2.78. The average Bonchev–Trinajstić information content (AvgIpc) is 2.53. The summed E-state index contributed by atoms with van der Waals surface area (Å²) in [6.07, 6.45) is 3.45. The number of carbonyl (C=O) groups is 2. The Morgan fingerprint density at radius 3 is 2.28 bits per heavy atom. The summed E-state index contributed by atoms with van der Waals surface area (Å²) in [6.45, 7) is 9.19. The average molecular weight is 349 g/mol. The molecule has 2 heterocycles. The van der Waals surface area contributed by atoms with Crippen molar-refractivity contribution in [2.75, 3.05) is 51.2 Å². The number of hydrogen-bond donors (Lipinski definition) is 2. The molecular formula is C17H29N6O2+. The van der Waals surface area contributed by atoms with Gasteiger partial charge >= 0.3 is 0 Å². The number of hydrogen-bond acceptors (Lipinski definition) is 5. The summed E-state index contributed by atoms with van der Waals surface area (Å²) in [6, 6.07) is 1.79. The van der Waals surface area contributed by atoms with E-state index >= 15 is 0 Å². The first kappa shape index (κ1) is 19.1. The van der Waals surface area contributed by atoms with Gasteiger partial charge in [-0.2, -0.15) is 0 Å². The molecule has 8 nitrogen and oxygen atoms in total. The van der Waals surface area contributed by atoms with E-state index in [2.05, 4.69) is 20.2 Å². The highest BCUT2D eigenvalue weighted by Gasteiger charge is 2.25. The van der Waals surface area contributed by atoms with E-state index in [1.807, 2.05) is 32.7 Å². The number of nitrogens with one attached hydrogen (secondary N) is 2. The first-order valence-corrected chi connectivity index (χ1v) is 8.66. The van der Waals surface area contributed by atoms with Crippen LogP contribution in [0.15, 0.2) is 18.5 Å². The SMILES string of the molecule is C[NH+](CC(=O)NC(C)(C)C)CC(=O)N1CCN(c2ncccn2)CC1. The Morgan fingerprint density at radius 2 is 1.72 bits per heavy atom. The van der Waals surface area contributed by atoms with Crippen LogP contribution in [0.25, 0.3) is 0 Å². The Kier molecular flexibility index (Phi) is 6.30. The van der Waals surface area contributed by atoms with Crippen LogP contribution in [0.5, 0.6) is 0 Å². The van der Waals surface area contributed by atoms with E-state index in [9.17, 15) is 9.59 Å². The number of nitrogens with zero attached hydrogens (tertiary/aromatic N) is 4. The molecule has 1 aliphatic heterocycles. The predicted octanol–water partition coefficient (Wildman–Crippen LogP) is -1.45. The van der Waals surface area contributed by atoms with Crippen LogP contribution >= 0.6 is 0 Å². The van der Waals surface area contributed by atoms with Crippen LogP contribution in [0.4, 0.5) is 5.95 Å². The first-order valence-electron chi connectivity index (χ1n) is 8.66. The molecule has 1 aromatic heterocycles. The lowest BCUT2D eigenvalue weighted by atomic mass is 10.1. The van der Waals surface area contributed by atoms with Crippen molar-refractivity contribution in [1.29, 1.82) is 0 Å². The lowest BCUT2D eigenvalue weighted by Gasteiger charge is -2.34. The molecule has 8 heteroatoms. The molecule has 1 aromatic rings. The minimum atomic E-state index is -0.253. The van der Waals surface area contributed by atoms with Crippen molar-refractivity contribution < 1.29 is 14.5 Å². The fraction of sp³-hybridized carbons (Fsp3) is 0.647. The molecular weight excluding hydrogens is 320 g/mol. The Morgan fingerprint density at radius 1 is 1.12 bits per heavy atom. The van der Waals surface area contributed by atoms with Gasteiger partial charge in [-0.25, -0.2) is 9.97 Å². The number of carbonyl (C=O) groups excluding carboxylic acids is 2. The van der Waals surface area contributed by atoms with Crippen LogP contribution in [0.3, 0.4) is 0 Å². The summed E-state index contributed by atoms with van der Waals surface area (Å²) in [7, 11) is 1.87. The van der Waals surface area contributed by atoms with Crippen molar-refractivity contribution in [2.45, 2.75) is 26.3 Å². The maximum Gasteiger partial charge on any atom is 0.277 e. The van der Waals surface area contributed by atoms with Crippen molar-refractivity contribution in [3.8, 4) is 0 Å². The number of rotatable bonds is 5. The number of aromatic nitrogens is 2. The largest absolute Gasteiger partial charge is 0.347 e. The predicted molar refractivity (Wildman–Crippen MR) is 95.3 cm³/mol. The molecule has 0 aliphatic carbocycles. The zero-order valence-corrected chi connectivity index (χ0v) is 15.6. The topological polar surface area (TPSA) is 82.9 Å². The van der Waals surface area contributed by atoms with Gasteiger partial charge in [0.05, 0.1) is 7.05 Å². The zero-order chi connectivity index (χ0) is 18.4. The molecule has 1 saturated heterocycles. The van der Waals surface area contributed by atoms with Gasteiger partial charge in [-0.1, -0.05) is 0 Å². The van der Waals surface area contributed by atoms with E-state index in [0.717, 1.165) is 18.0 Å². The third-order valence-electron chi connectivity index (χ3n) is 3.90. The van der Waals surface area contributed by atoms with Gasteiger partial charge in [-0.05, 0) is 26.8 Å². The van der Waals surface area contributed by atoms with Gasteiger partial charge in [0.15, 0.2) is 13.1 Å². The highest BCUT2D eigenvalue weighted by atomic mass is 16.2. The highest BCUT2D eigenvalue weighted by molar-refractivity contribution is 5.79. The Labute approximate surface area is 149 Å². The van der Waals surface area contributed by atoms with Gasteiger partial charge in [-0.3, -0.25) is 9.59 Å². The maximum absolute atomic E-state index is 12.4. The van der Waals surface area contributed by atoms with Gasteiger partial charge in [0.2, 0.25) is 5.95 Å². The smallest absolute Gasteiger partial charge is 0.277 e. The quantitative estimate of drug-likeness (QED) is 0.680. The fourth-order valence-electron chi connectivity index (χ4n) is 2.78. The summed E-state index contributed by atoms with van der Waals surface area (Å²) in [5, 5.41) is 2.92. The number of quaternary nitrogens is 1. The number of anilines is 1. The van der Waals surface area contributed by atoms with Crippen LogP contribution in [0.2, 0.25) is 0 Å². The third kappa shape index (κ3) is 6.30. The van der Waals surface area contributed by atoms with Gasteiger partial charge in [0.25, 0.3) is 11.8 Å².